The molecule has 20 heavy (non-hydrogen) atoms. The second-order valence-electron chi connectivity index (χ2n) is 6.74. The number of aliphatic hydroxyl groups is 1. The van der Waals surface area contributed by atoms with E-state index in [2.05, 4.69) is 13.8 Å². The molecule has 4 heteroatoms. The van der Waals surface area contributed by atoms with Crippen molar-refractivity contribution in [1.82, 2.24) is 0 Å². The molecule has 0 saturated heterocycles. The van der Waals surface area contributed by atoms with Gasteiger partial charge >= 0.3 is 0 Å². The molecular weight excluding hydrogens is 277 g/mol. The number of benzene rings is 1. The third-order valence-electron chi connectivity index (χ3n) is 4.76. The Bertz CT molecular complexity index is 491. The lowest BCUT2D eigenvalue weighted by Gasteiger charge is -2.49. The van der Waals surface area contributed by atoms with E-state index in [-0.39, 0.29) is 15.9 Å². The highest BCUT2D eigenvalue weighted by atomic mass is 35.5. The molecule has 1 fully saturated rings. The highest BCUT2D eigenvalue weighted by Gasteiger charge is 2.47. The Balaban J connectivity index is 2.29. The van der Waals surface area contributed by atoms with Crippen molar-refractivity contribution in [3.8, 4) is 0 Å². The zero-order valence-electron chi connectivity index (χ0n) is 12.1. The Kier molecular flexibility index (Phi) is 4.43. The third kappa shape index (κ3) is 2.85. The summed E-state index contributed by atoms with van der Waals surface area (Å²) in [6.45, 7) is 4.55. The lowest BCUT2D eigenvalue weighted by Crippen LogP contribution is -2.53. The van der Waals surface area contributed by atoms with Gasteiger partial charge in [-0.05, 0) is 42.4 Å². The molecule has 2 nitrogen and oxygen atoms in total. The van der Waals surface area contributed by atoms with E-state index in [9.17, 15) is 9.50 Å². The second-order valence-corrected chi connectivity index (χ2v) is 7.14. The number of hydrogen-bond acceptors (Lipinski definition) is 2. The predicted octanol–water partition coefficient (Wildman–Crippen LogP) is 3.54. The molecule has 1 aliphatic carbocycles. The van der Waals surface area contributed by atoms with Crippen molar-refractivity contribution in [2.75, 3.05) is 6.54 Å². The second kappa shape index (κ2) is 5.63. The molecule has 2 atom stereocenters. The van der Waals surface area contributed by atoms with Crippen LogP contribution in [0.25, 0.3) is 0 Å². The van der Waals surface area contributed by atoms with Crippen molar-refractivity contribution in [1.29, 1.82) is 0 Å². The monoisotopic (exact) mass is 299 g/mol. The highest BCUT2D eigenvalue weighted by Crippen LogP contribution is 2.47. The molecule has 2 unspecified atom stereocenters. The van der Waals surface area contributed by atoms with Crippen LogP contribution in [0.2, 0.25) is 5.02 Å². The summed E-state index contributed by atoms with van der Waals surface area (Å²) in [6.07, 6.45) is 3.01. The molecular formula is C16H23ClFNO. The fourth-order valence-electron chi connectivity index (χ4n) is 3.53. The first-order valence-corrected chi connectivity index (χ1v) is 7.51. The molecule has 0 heterocycles. The lowest BCUT2D eigenvalue weighted by atomic mass is 9.59. The summed E-state index contributed by atoms with van der Waals surface area (Å²) in [5, 5.41) is 10.9. The van der Waals surface area contributed by atoms with Gasteiger partial charge in [-0.1, -0.05) is 37.9 Å². The van der Waals surface area contributed by atoms with E-state index >= 15 is 0 Å². The topological polar surface area (TPSA) is 46.2 Å². The molecule has 0 amide bonds. The molecule has 0 aromatic heterocycles. The van der Waals surface area contributed by atoms with Crippen LogP contribution in [0.3, 0.4) is 0 Å². The van der Waals surface area contributed by atoms with E-state index in [1.54, 1.807) is 6.07 Å². The van der Waals surface area contributed by atoms with Crippen LogP contribution in [0.1, 0.15) is 38.7 Å². The van der Waals surface area contributed by atoms with E-state index in [0.29, 0.717) is 13.0 Å². The standard InChI is InChI=1S/C16H23ClFNO/c1-15(2)6-3-7-16(10-19,14(15)20)9-11-4-5-12(17)13(18)8-11/h4-5,8,14,20H,3,6-7,9-10,19H2,1-2H3. The molecule has 3 N–H and O–H groups in total. The van der Waals surface area contributed by atoms with E-state index in [4.69, 9.17) is 17.3 Å². The van der Waals surface area contributed by atoms with Crippen molar-refractivity contribution >= 4 is 11.6 Å². The quantitative estimate of drug-likeness (QED) is 0.897. The van der Waals surface area contributed by atoms with Crippen molar-refractivity contribution in [2.45, 2.75) is 45.6 Å². The SMILES string of the molecule is CC1(C)CCCC(CN)(Cc2ccc(Cl)c(F)c2)C1O. The van der Waals surface area contributed by atoms with Crippen LogP contribution in [0.4, 0.5) is 4.39 Å². The summed E-state index contributed by atoms with van der Waals surface area (Å²) in [5.41, 5.74) is 6.30. The summed E-state index contributed by atoms with van der Waals surface area (Å²) in [4.78, 5) is 0. The Morgan fingerprint density at radius 2 is 2.10 bits per heavy atom. The van der Waals surface area contributed by atoms with Crippen molar-refractivity contribution in [3.63, 3.8) is 0 Å². The van der Waals surface area contributed by atoms with Gasteiger partial charge in [0, 0.05) is 12.0 Å². The first-order chi connectivity index (χ1) is 9.31. The van der Waals surface area contributed by atoms with Gasteiger partial charge < -0.3 is 10.8 Å². The fourth-order valence-corrected chi connectivity index (χ4v) is 3.64. The Hall–Kier alpha value is -0.640. The third-order valence-corrected chi connectivity index (χ3v) is 5.07. The molecule has 0 spiro atoms. The maximum Gasteiger partial charge on any atom is 0.142 e. The van der Waals surface area contributed by atoms with E-state index in [1.807, 2.05) is 6.07 Å². The minimum absolute atomic E-state index is 0.125. The maximum atomic E-state index is 13.6. The van der Waals surface area contributed by atoms with Gasteiger partial charge in [-0.2, -0.15) is 0 Å². The summed E-state index contributed by atoms with van der Waals surface area (Å²) in [7, 11) is 0. The smallest absolute Gasteiger partial charge is 0.142 e. The zero-order chi connectivity index (χ0) is 15.0. The van der Waals surface area contributed by atoms with Crippen LogP contribution in [-0.2, 0) is 6.42 Å². The normalized spacial score (nSPS) is 29.4. The zero-order valence-corrected chi connectivity index (χ0v) is 12.9. The van der Waals surface area contributed by atoms with Crippen molar-refractivity contribution < 1.29 is 9.50 Å². The number of halogens is 2. The van der Waals surface area contributed by atoms with Gasteiger partial charge in [0.25, 0.3) is 0 Å². The summed E-state index contributed by atoms with van der Waals surface area (Å²) >= 11 is 5.72. The Morgan fingerprint density at radius 3 is 2.70 bits per heavy atom. The van der Waals surface area contributed by atoms with Crippen LogP contribution < -0.4 is 5.73 Å². The molecule has 1 aromatic rings. The molecule has 1 aromatic carbocycles. The molecule has 0 radical (unpaired) electrons. The van der Waals surface area contributed by atoms with Gasteiger partial charge in [0.15, 0.2) is 0 Å². The average molecular weight is 300 g/mol. The Labute approximate surface area is 125 Å². The van der Waals surface area contributed by atoms with Crippen LogP contribution in [-0.4, -0.2) is 17.8 Å². The first kappa shape index (κ1) is 15.7. The average Bonchev–Trinajstić information content (AvgIpc) is 2.39. The minimum atomic E-state index is -0.479. The van der Waals surface area contributed by atoms with E-state index in [1.165, 1.54) is 6.07 Å². The van der Waals surface area contributed by atoms with Gasteiger partial charge in [0.1, 0.15) is 5.82 Å². The van der Waals surface area contributed by atoms with E-state index in [0.717, 1.165) is 24.8 Å². The van der Waals surface area contributed by atoms with Gasteiger partial charge in [0.05, 0.1) is 11.1 Å². The number of rotatable bonds is 3. The predicted molar refractivity (Wildman–Crippen MR) is 80.2 cm³/mol. The summed E-state index contributed by atoms with van der Waals surface area (Å²) in [6, 6.07) is 4.84. The molecule has 2 rings (SSSR count). The van der Waals surface area contributed by atoms with Gasteiger partial charge in [-0.3, -0.25) is 0 Å². The fraction of sp³-hybridized carbons (Fsp3) is 0.625. The van der Waals surface area contributed by atoms with Gasteiger partial charge in [0.2, 0.25) is 0 Å². The highest BCUT2D eigenvalue weighted by molar-refractivity contribution is 6.30. The number of hydrogen-bond donors (Lipinski definition) is 2. The van der Waals surface area contributed by atoms with Crippen LogP contribution in [0.15, 0.2) is 18.2 Å². The minimum Gasteiger partial charge on any atom is -0.392 e. The van der Waals surface area contributed by atoms with Crippen molar-refractivity contribution in [2.24, 2.45) is 16.6 Å². The van der Waals surface area contributed by atoms with Crippen LogP contribution in [0.5, 0.6) is 0 Å². The van der Waals surface area contributed by atoms with Gasteiger partial charge in [-0.15, -0.1) is 0 Å². The van der Waals surface area contributed by atoms with Crippen LogP contribution in [0, 0.1) is 16.6 Å². The largest absolute Gasteiger partial charge is 0.392 e. The maximum absolute atomic E-state index is 13.6. The van der Waals surface area contributed by atoms with E-state index < -0.39 is 11.9 Å². The molecule has 0 aliphatic heterocycles. The summed E-state index contributed by atoms with van der Waals surface area (Å²) in [5.74, 6) is -0.416. The Morgan fingerprint density at radius 1 is 1.40 bits per heavy atom. The molecule has 1 aliphatic rings. The number of aliphatic hydroxyl groups excluding tert-OH is 1. The first-order valence-electron chi connectivity index (χ1n) is 7.13. The lowest BCUT2D eigenvalue weighted by molar-refractivity contribution is -0.0885. The van der Waals surface area contributed by atoms with Gasteiger partial charge in [-0.25, -0.2) is 4.39 Å². The molecule has 0 bridgehead atoms. The molecule has 1 saturated carbocycles. The molecule has 112 valence electrons. The summed E-state index contributed by atoms with van der Waals surface area (Å²) < 4.78 is 13.6. The van der Waals surface area contributed by atoms with Crippen molar-refractivity contribution in [3.05, 3.63) is 34.6 Å². The van der Waals surface area contributed by atoms with Crippen LogP contribution >= 0.6 is 11.6 Å². The number of nitrogens with two attached hydrogens (primary N) is 1.